The minimum atomic E-state index is -4.62. The van der Waals surface area contributed by atoms with Crippen LogP contribution < -0.4 is 15.8 Å². The van der Waals surface area contributed by atoms with Crippen LogP contribution in [-0.4, -0.2) is 86.7 Å². The highest BCUT2D eigenvalue weighted by Gasteiger charge is 2.32. The van der Waals surface area contributed by atoms with Crippen LogP contribution in [0.15, 0.2) is 59.9 Å². The van der Waals surface area contributed by atoms with Gasteiger partial charge in [-0.1, -0.05) is 18.5 Å². The predicted molar refractivity (Wildman–Crippen MR) is 182 cm³/mol. The first-order chi connectivity index (χ1) is 24.8. The number of hydrogen-bond acceptors (Lipinski definition) is 10. The van der Waals surface area contributed by atoms with Crippen LogP contribution in [0.4, 0.5) is 24.5 Å². The number of alkyl halides is 3. The molecule has 1 aliphatic rings. The SMILES string of the molecule is CCc1c(N2CCN(C(=O)c3ncnc(C)c3O)CC2)c(=O)n2nc(-c3ccc4ccnn4c3)nc2n1CC(=O)Nc1ccc(C(F)(F)F)cc1Cl. The molecule has 6 aromatic rings. The molecule has 15 nitrogen and oxygen atoms in total. The number of fused-ring (bicyclic) bond motifs is 2. The normalized spacial score (nSPS) is 13.7. The van der Waals surface area contributed by atoms with Gasteiger partial charge in [0.05, 0.1) is 33.2 Å². The van der Waals surface area contributed by atoms with E-state index in [9.17, 15) is 32.7 Å². The Balaban J connectivity index is 1.26. The lowest BCUT2D eigenvalue weighted by molar-refractivity contribution is -0.137. The molecule has 5 aromatic heterocycles. The summed E-state index contributed by atoms with van der Waals surface area (Å²) in [5, 5.41) is 21.4. The highest BCUT2D eigenvalue weighted by molar-refractivity contribution is 6.33. The quantitative estimate of drug-likeness (QED) is 0.246. The summed E-state index contributed by atoms with van der Waals surface area (Å²) in [6.45, 7) is 3.76. The van der Waals surface area contributed by atoms with Gasteiger partial charge in [-0.3, -0.25) is 14.4 Å². The van der Waals surface area contributed by atoms with E-state index >= 15 is 0 Å². The summed E-state index contributed by atoms with van der Waals surface area (Å²) in [6, 6.07) is 8.01. The van der Waals surface area contributed by atoms with E-state index in [1.807, 2.05) is 12.1 Å². The number of aromatic hydroxyl groups is 1. The number of aryl methyl sites for hydroxylation is 1. The van der Waals surface area contributed by atoms with E-state index < -0.39 is 35.7 Å². The summed E-state index contributed by atoms with van der Waals surface area (Å²) in [5.74, 6) is -1.20. The number of nitrogens with one attached hydrogen (secondary N) is 1. The predicted octanol–water partition coefficient (Wildman–Crippen LogP) is 3.85. The molecule has 1 aliphatic heterocycles. The monoisotopic (exact) mass is 735 g/mol. The largest absolute Gasteiger partial charge is 0.504 e. The molecule has 1 aromatic carbocycles. The van der Waals surface area contributed by atoms with Crippen molar-refractivity contribution in [2.75, 3.05) is 36.4 Å². The summed E-state index contributed by atoms with van der Waals surface area (Å²) in [7, 11) is 0. The van der Waals surface area contributed by atoms with Gasteiger partial charge in [0, 0.05) is 44.1 Å². The van der Waals surface area contributed by atoms with Gasteiger partial charge in [-0.05, 0) is 49.7 Å². The Bertz CT molecular complexity index is 2430. The van der Waals surface area contributed by atoms with Crippen molar-refractivity contribution < 1.29 is 27.9 Å². The molecule has 6 heterocycles. The number of nitrogens with zero attached hydrogens (tertiary/aromatic N) is 10. The highest BCUT2D eigenvalue weighted by atomic mass is 35.5. The zero-order valence-electron chi connectivity index (χ0n) is 27.6. The summed E-state index contributed by atoms with van der Waals surface area (Å²) in [5.41, 5.74) is 0.684. The van der Waals surface area contributed by atoms with Gasteiger partial charge in [-0.2, -0.15) is 27.8 Å². The molecule has 2 N–H and O–H groups in total. The number of aromatic nitrogens is 8. The minimum Gasteiger partial charge on any atom is -0.504 e. The molecule has 19 heteroatoms. The van der Waals surface area contributed by atoms with E-state index in [1.165, 1.54) is 15.8 Å². The zero-order chi connectivity index (χ0) is 36.9. The fraction of sp³-hybridized carbons (Fsp3) is 0.273. The summed E-state index contributed by atoms with van der Waals surface area (Å²) in [6.07, 6.45) is 0.177. The third-order valence-corrected chi connectivity index (χ3v) is 9.09. The lowest BCUT2D eigenvalue weighted by Gasteiger charge is -2.36. The average molecular weight is 736 g/mol. The number of hydrogen-bond donors (Lipinski definition) is 2. The average Bonchev–Trinajstić information content (AvgIpc) is 3.79. The van der Waals surface area contributed by atoms with E-state index in [2.05, 4.69) is 30.5 Å². The fourth-order valence-corrected chi connectivity index (χ4v) is 6.36. The molecular formula is C33H29ClF3N11O4. The van der Waals surface area contributed by atoms with Crippen molar-refractivity contribution in [3.8, 4) is 17.1 Å². The fourth-order valence-electron chi connectivity index (χ4n) is 6.13. The Hall–Kier alpha value is -6.04. The number of carbonyl (C=O) groups is 2. The number of piperazine rings is 1. The Morgan fingerprint density at radius 1 is 1.06 bits per heavy atom. The Morgan fingerprint density at radius 2 is 1.83 bits per heavy atom. The summed E-state index contributed by atoms with van der Waals surface area (Å²) >= 11 is 6.13. The van der Waals surface area contributed by atoms with Crippen LogP contribution in [-0.2, 0) is 23.9 Å². The van der Waals surface area contributed by atoms with Crippen molar-refractivity contribution in [2.24, 2.45) is 0 Å². The molecule has 52 heavy (non-hydrogen) atoms. The van der Waals surface area contributed by atoms with Crippen LogP contribution in [0.2, 0.25) is 5.02 Å². The van der Waals surface area contributed by atoms with E-state index in [0.717, 1.165) is 28.2 Å². The van der Waals surface area contributed by atoms with Crippen LogP contribution in [0.5, 0.6) is 5.75 Å². The highest BCUT2D eigenvalue weighted by Crippen LogP contribution is 2.34. The molecule has 0 saturated carbocycles. The molecule has 7 rings (SSSR count). The van der Waals surface area contributed by atoms with E-state index in [0.29, 0.717) is 11.3 Å². The van der Waals surface area contributed by atoms with Gasteiger partial charge in [-0.15, -0.1) is 5.10 Å². The van der Waals surface area contributed by atoms with Gasteiger partial charge in [0.2, 0.25) is 11.7 Å². The molecule has 0 unspecified atom stereocenters. The van der Waals surface area contributed by atoms with Gasteiger partial charge in [0.1, 0.15) is 18.6 Å². The summed E-state index contributed by atoms with van der Waals surface area (Å²) < 4.78 is 43.9. The molecular weight excluding hydrogens is 707 g/mol. The van der Waals surface area contributed by atoms with Crippen molar-refractivity contribution in [1.82, 2.24) is 43.6 Å². The number of pyridine rings is 1. The minimum absolute atomic E-state index is 0.0320. The maximum Gasteiger partial charge on any atom is 0.416 e. The number of benzene rings is 1. The number of amides is 2. The molecule has 2 amide bonds. The topological polar surface area (TPSA) is 168 Å². The molecule has 0 bridgehead atoms. The van der Waals surface area contributed by atoms with Gasteiger partial charge in [-0.25, -0.2) is 14.5 Å². The third-order valence-electron chi connectivity index (χ3n) is 8.78. The second-order valence-electron chi connectivity index (χ2n) is 12.0. The number of carbonyl (C=O) groups excluding carboxylic acids is 2. The zero-order valence-corrected chi connectivity index (χ0v) is 28.4. The first-order valence-corrected chi connectivity index (χ1v) is 16.4. The second-order valence-corrected chi connectivity index (χ2v) is 12.4. The van der Waals surface area contributed by atoms with Crippen molar-refractivity contribution in [3.05, 3.63) is 93.1 Å². The van der Waals surface area contributed by atoms with Gasteiger partial charge < -0.3 is 24.8 Å². The Kier molecular flexibility index (Phi) is 8.77. The van der Waals surface area contributed by atoms with Crippen LogP contribution in [0.25, 0.3) is 22.7 Å². The lowest BCUT2D eigenvalue weighted by atomic mass is 10.2. The van der Waals surface area contributed by atoms with Crippen LogP contribution in [0, 0.1) is 6.92 Å². The van der Waals surface area contributed by atoms with Crippen molar-refractivity contribution >= 4 is 46.1 Å². The van der Waals surface area contributed by atoms with Crippen LogP contribution >= 0.6 is 11.6 Å². The van der Waals surface area contributed by atoms with Crippen molar-refractivity contribution in [1.29, 1.82) is 0 Å². The maximum absolute atomic E-state index is 14.3. The molecule has 1 saturated heterocycles. The molecule has 0 aliphatic carbocycles. The Labute approximate surface area is 296 Å². The van der Waals surface area contributed by atoms with Crippen molar-refractivity contribution in [3.63, 3.8) is 0 Å². The van der Waals surface area contributed by atoms with Gasteiger partial charge in [0.25, 0.3) is 11.5 Å². The first kappa shape index (κ1) is 34.4. The van der Waals surface area contributed by atoms with Gasteiger partial charge in [0.15, 0.2) is 17.3 Å². The molecule has 268 valence electrons. The Morgan fingerprint density at radius 3 is 2.54 bits per heavy atom. The molecule has 1 fully saturated rings. The van der Waals surface area contributed by atoms with Crippen molar-refractivity contribution in [2.45, 2.75) is 33.0 Å². The second kappa shape index (κ2) is 13.3. The van der Waals surface area contributed by atoms with Crippen LogP contribution in [0.1, 0.15) is 34.4 Å². The first-order valence-electron chi connectivity index (χ1n) is 16.0. The molecule has 0 spiro atoms. The molecule has 0 radical (unpaired) electrons. The van der Waals surface area contributed by atoms with E-state index in [4.69, 9.17) is 11.6 Å². The standard InChI is InChI=1S/C33H29ClF3N11O4/c1-3-24-27(44-10-12-45(13-11-44)30(51)26-28(50)18(2)38-17-39-26)31(52)48-32(42-29(43-48)19-4-6-21-8-9-40-47(21)15-19)46(24)16-25(49)41-23-7-5-20(14-22(23)34)33(35,36)37/h4-9,14-15,17,50H,3,10-13,16H2,1-2H3,(H,41,49). The van der Waals surface area contributed by atoms with Gasteiger partial charge >= 0.3 is 6.18 Å². The number of anilines is 2. The van der Waals surface area contributed by atoms with E-state index in [1.54, 1.807) is 41.7 Å². The third kappa shape index (κ3) is 6.25. The number of halogens is 4. The maximum atomic E-state index is 14.3. The number of rotatable bonds is 7. The smallest absolute Gasteiger partial charge is 0.416 e. The van der Waals surface area contributed by atoms with Crippen LogP contribution in [0.3, 0.4) is 0 Å². The molecule has 0 atom stereocenters. The summed E-state index contributed by atoms with van der Waals surface area (Å²) in [4.78, 5) is 56.9. The van der Waals surface area contributed by atoms with E-state index in [-0.39, 0.29) is 77.7 Å². The lowest BCUT2D eigenvalue weighted by Crippen LogP contribution is -2.51.